The number of nitrogens with zero attached hydrogens (tertiary/aromatic N) is 2. The van der Waals surface area contributed by atoms with Gasteiger partial charge in [0.05, 0.1) is 17.8 Å². The van der Waals surface area contributed by atoms with E-state index in [0.717, 1.165) is 11.4 Å². The number of benzene rings is 1. The molecule has 18 heavy (non-hydrogen) atoms. The molecule has 2 aromatic rings. The lowest BCUT2D eigenvalue weighted by Crippen LogP contribution is -2.14. The second-order valence-electron chi connectivity index (χ2n) is 3.73. The lowest BCUT2D eigenvalue weighted by molar-refractivity contribution is 0.100. The minimum atomic E-state index is -0.546. The molecule has 2 rings (SSSR count). The van der Waals surface area contributed by atoms with E-state index in [1.54, 1.807) is 24.4 Å². The van der Waals surface area contributed by atoms with E-state index in [4.69, 9.17) is 11.5 Å². The zero-order valence-electron chi connectivity index (χ0n) is 9.63. The highest BCUT2D eigenvalue weighted by Crippen LogP contribution is 2.17. The molecule has 0 fully saturated rings. The fourth-order valence-corrected chi connectivity index (χ4v) is 1.50. The van der Waals surface area contributed by atoms with E-state index < -0.39 is 5.91 Å². The van der Waals surface area contributed by atoms with Crippen LogP contribution < -0.4 is 16.8 Å². The lowest BCUT2D eigenvalue weighted by atomic mass is 10.1. The Bertz CT molecular complexity index is 556. The van der Waals surface area contributed by atoms with Crippen LogP contribution in [0, 0.1) is 0 Å². The summed E-state index contributed by atoms with van der Waals surface area (Å²) in [5.41, 5.74) is 13.1. The van der Waals surface area contributed by atoms with Gasteiger partial charge < -0.3 is 16.8 Å². The van der Waals surface area contributed by atoms with Crippen LogP contribution in [-0.4, -0.2) is 16.1 Å². The average molecular weight is 243 g/mol. The Morgan fingerprint density at radius 1 is 1.33 bits per heavy atom. The van der Waals surface area contributed by atoms with E-state index in [0.29, 0.717) is 17.8 Å². The number of nitrogens with one attached hydrogen (secondary N) is 1. The van der Waals surface area contributed by atoms with Crippen LogP contribution in [0.3, 0.4) is 0 Å². The Labute approximate surface area is 104 Å². The number of anilines is 2. The molecule has 0 unspecified atom stereocenters. The first-order chi connectivity index (χ1) is 8.66. The van der Waals surface area contributed by atoms with Gasteiger partial charge in [0, 0.05) is 17.6 Å². The van der Waals surface area contributed by atoms with E-state index in [1.165, 1.54) is 0 Å². The summed E-state index contributed by atoms with van der Waals surface area (Å²) in [6.07, 6.45) is 1.61. The number of nitrogens with two attached hydrogens (primary N) is 2. The van der Waals surface area contributed by atoms with Gasteiger partial charge in [-0.2, -0.15) is 10.2 Å². The van der Waals surface area contributed by atoms with Gasteiger partial charge >= 0.3 is 0 Å². The molecule has 0 radical (unpaired) electrons. The smallest absolute Gasteiger partial charge is 0.250 e. The molecule has 0 aliphatic heterocycles. The minimum Gasteiger partial charge on any atom is -0.398 e. The van der Waals surface area contributed by atoms with Gasteiger partial charge in [-0.1, -0.05) is 0 Å². The quantitative estimate of drug-likeness (QED) is 0.687. The van der Waals surface area contributed by atoms with Crippen molar-refractivity contribution in [3.05, 3.63) is 47.8 Å². The predicted molar refractivity (Wildman–Crippen MR) is 68.7 cm³/mol. The normalized spacial score (nSPS) is 10.0. The third-order valence-corrected chi connectivity index (χ3v) is 2.42. The fourth-order valence-electron chi connectivity index (χ4n) is 1.50. The second kappa shape index (κ2) is 5.13. The summed E-state index contributed by atoms with van der Waals surface area (Å²) in [6, 6.07) is 8.69. The van der Waals surface area contributed by atoms with E-state index >= 15 is 0 Å². The van der Waals surface area contributed by atoms with Crippen molar-refractivity contribution in [3.8, 4) is 0 Å². The van der Waals surface area contributed by atoms with Gasteiger partial charge in [-0.25, -0.2) is 0 Å². The predicted octanol–water partition coefficient (Wildman–Crippen LogP) is 0.770. The van der Waals surface area contributed by atoms with E-state index in [-0.39, 0.29) is 0 Å². The van der Waals surface area contributed by atoms with Crippen molar-refractivity contribution in [2.24, 2.45) is 5.73 Å². The van der Waals surface area contributed by atoms with Gasteiger partial charge in [-0.05, 0) is 30.3 Å². The molecule has 0 aliphatic rings. The number of aromatic nitrogens is 2. The summed E-state index contributed by atoms with van der Waals surface area (Å²) in [4.78, 5) is 11.1. The van der Waals surface area contributed by atoms with Gasteiger partial charge in [0.2, 0.25) is 0 Å². The molecule has 1 heterocycles. The van der Waals surface area contributed by atoms with Crippen LogP contribution >= 0.6 is 0 Å². The van der Waals surface area contributed by atoms with Crippen LogP contribution in [0.4, 0.5) is 11.4 Å². The molecule has 92 valence electrons. The third kappa shape index (κ3) is 2.73. The van der Waals surface area contributed by atoms with Crippen LogP contribution in [0.25, 0.3) is 0 Å². The van der Waals surface area contributed by atoms with Crippen LogP contribution in [0.15, 0.2) is 36.5 Å². The van der Waals surface area contributed by atoms with Crippen LogP contribution in [0.5, 0.6) is 0 Å². The molecule has 0 spiro atoms. The number of carbonyl (C=O) groups excluding carboxylic acids is 1. The van der Waals surface area contributed by atoms with Crippen molar-refractivity contribution in [2.75, 3.05) is 11.1 Å². The summed E-state index contributed by atoms with van der Waals surface area (Å²) in [7, 11) is 0. The summed E-state index contributed by atoms with van der Waals surface area (Å²) in [6.45, 7) is 0.510. The van der Waals surface area contributed by atoms with Gasteiger partial charge in [-0.3, -0.25) is 4.79 Å². The molecule has 1 amide bonds. The zero-order valence-corrected chi connectivity index (χ0v) is 9.63. The number of rotatable bonds is 4. The summed E-state index contributed by atoms with van der Waals surface area (Å²) < 4.78 is 0. The van der Waals surface area contributed by atoms with Crippen molar-refractivity contribution in [2.45, 2.75) is 6.54 Å². The highest BCUT2D eigenvalue weighted by molar-refractivity contribution is 5.98. The molecule has 1 aromatic carbocycles. The maximum Gasteiger partial charge on any atom is 0.250 e. The van der Waals surface area contributed by atoms with Crippen LogP contribution in [-0.2, 0) is 6.54 Å². The molecule has 0 aliphatic carbocycles. The third-order valence-electron chi connectivity index (χ3n) is 2.42. The molecule has 0 saturated heterocycles. The molecule has 6 nitrogen and oxygen atoms in total. The molecule has 0 atom stereocenters. The first kappa shape index (κ1) is 11.8. The summed E-state index contributed by atoms with van der Waals surface area (Å²) >= 11 is 0. The maximum absolute atomic E-state index is 11.1. The van der Waals surface area contributed by atoms with Crippen LogP contribution in [0.1, 0.15) is 16.1 Å². The van der Waals surface area contributed by atoms with Gasteiger partial charge in [0.25, 0.3) is 5.91 Å². The Morgan fingerprint density at radius 3 is 2.83 bits per heavy atom. The Morgan fingerprint density at radius 2 is 2.17 bits per heavy atom. The van der Waals surface area contributed by atoms with Crippen molar-refractivity contribution >= 4 is 17.3 Å². The Balaban J connectivity index is 2.11. The Kier molecular flexibility index (Phi) is 3.38. The number of hydrogen-bond donors (Lipinski definition) is 3. The SMILES string of the molecule is NC(=O)c1cc(NCc2cccnn2)ccc1N. The zero-order chi connectivity index (χ0) is 13.0. The summed E-state index contributed by atoms with van der Waals surface area (Å²) in [5.74, 6) is -0.546. The van der Waals surface area contributed by atoms with Crippen molar-refractivity contribution in [1.29, 1.82) is 0 Å². The highest BCUT2D eigenvalue weighted by atomic mass is 16.1. The molecular formula is C12H13N5O. The topological polar surface area (TPSA) is 107 Å². The first-order valence-electron chi connectivity index (χ1n) is 5.36. The minimum absolute atomic E-state index is 0.305. The number of primary amides is 1. The first-order valence-corrected chi connectivity index (χ1v) is 5.36. The monoisotopic (exact) mass is 243 g/mol. The van der Waals surface area contributed by atoms with Gasteiger partial charge in [-0.15, -0.1) is 0 Å². The Hall–Kier alpha value is -2.63. The summed E-state index contributed by atoms with van der Waals surface area (Å²) in [5, 5.41) is 10.8. The molecule has 5 N–H and O–H groups in total. The molecule has 0 bridgehead atoms. The standard InChI is InChI=1S/C12H13N5O/c13-11-4-3-8(6-10(11)12(14)18)15-7-9-2-1-5-16-17-9/h1-6,15H,7,13H2,(H2,14,18). The van der Waals surface area contributed by atoms with Crippen LogP contribution in [0.2, 0.25) is 0 Å². The van der Waals surface area contributed by atoms with E-state index in [1.807, 2.05) is 12.1 Å². The molecule has 6 heteroatoms. The maximum atomic E-state index is 11.1. The van der Waals surface area contributed by atoms with E-state index in [9.17, 15) is 4.79 Å². The molecule has 0 saturated carbocycles. The largest absolute Gasteiger partial charge is 0.398 e. The lowest BCUT2D eigenvalue weighted by Gasteiger charge is -2.08. The number of carbonyl (C=O) groups is 1. The molecular weight excluding hydrogens is 230 g/mol. The fraction of sp³-hybridized carbons (Fsp3) is 0.0833. The van der Waals surface area contributed by atoms with Crippen molar-refractivity contribution in [1.82, 2.24) is 10.2 Å². The van der Waals surface area contributed by atoms with E-state index in [2.05, 4.69) is 15.5 Å². The van der Waals surface area contributed by atoms with Gasteiger partial charge in [0.1, 0.15) is 0 Å². The highest BCUT2D eigenvalue weighted by Gasteiger charge is 2.06. The number of nitrogen functional groups attached to an aromatic ring is 1. The number of hydrogen-bond acceptors (Lipinski definition) is 5. The molecule has 1 aromatic heterocycles. The van der Waals surface area contributed by atoms with Gasteiger partial charge in [0.15, 0.2) is 0 Å². The second-order valence-corrected chi connectivity index (χ2v) is 3.73. The van der Waals surface area contributed by atoms with Crippen molar-refractivity contribution < 1.29 is 4.79 Å². The average Bonchev–Trinajstić information content (AvgIpc) is 2.38. The van der Waals surface area contributed by atoms with Crippen molar-refractivity contribution in [3.63, 3.8) is 0 Å². The number of amides is 1.